The minimum atomic E-state index is -0.752. The molecule has 158 valence electrons. The molecule has 0 bridgehead atoms. The van der Waals surface area contributed by atoms with Gasteiger partial charge in [-0.1, -0.05) is 54.6 Å². The van der Waals surface area contributed by atoms with E-state index in [0.717, 1.165) is 22.5 Å². The largest absolute Gasteiger partial charge is 0.365 e. The van der Waals surface area contributed by atoms with E-state index >= 15 is 0 Å². The Bertz CT molecular complexity index is 1090. The summed E-state index contributed by atoms with van der Waals surface area (Å²) in [5.41, 5.74) is 14.1. The minimum Gasteiger partial charge on any atom is -0.365 e. The second-order valence-electron chi connectivity index (χ2n) is 7.01. The van der Waals surface area contributed by atoms with Gasteiger partial charge in [0.15, 0.2) is 0 Å². The van der Waals surface area contributed by atoms with Crippen LogP contribution in [0.5, 0.6) is 0 Å². The van der Waals surface area contributed by atoms with Crippen LogP contribution >= 0.6 is 11.3 Å². The molecule has 3 rings (SSSR count). The van der Waals surface area contributed by atoms with Crippen LogP contribution in [0.3, 0.4) is 0 Å². The molecule has 0 saturated carbocycles. The van der Waals surface area contributed by atoms with Crippen molar-refractivity contribution in [3.8, 4) is 16.5 Å². The third-order valence-corrected chi connectivity index (χ3v) is 5.85. The normalized spacial score (nSPS) is 10.6. The van der Waals surface area contributed by atoms with Crippen LogP contribution in [-0.2, 0) is 13.1 Å². The summed E-state index contributed by atoms with van der Waals surface area (Å²) < 4.78 is 0. The number of amides is 3. The number of carbonyl (C=O) groups is 2. The fourth-order valence-corrected chi connectivity index (χ4v) is 4.21. The first-order valence-corrected chi connectivity index (χ1v) is 10.5. The van der Waals surface area contributed by atoms with Gasteiger partial charge in [-0.05, 0) is 22.8 Å². The van der Waals surface area contributed by atoms with E-state index in [0.29, 0.717) is 25.2 Å². The van der Waals surface area contributed by atoms with E-state index in [4.69, 9.17) is 16.7 Å². The number of nitriles is 1. The van der Waals surface area contributed by atoms with Gasteiger partial charge < -0.3 is 16.8 Å². The van der Waals surface area contributed by atoms with Crippen molar-refractivity contribution in [3.63, 3.8) is 0 Å². The number of thiophene rings is 1. The Labute approximate surface area is 184 Å². The van der Waals surface area contributed by atoms with Gasteiger partial charge in [-0.25, -0.2) is 4.79 Å². The summed E-state index contributed by atoms with van der Waals surface area (Å²) in [5, 5.41) is 11.4. The van der Waals surface area contributed by atoms with Crippen molar-refractivity contribution in [1.29, 1.82) is 5.26 Å². The SMILES string of the molecule is N#CCCN(Cc1ccccc1)Cc1ccc(-c2cc(NC(N)=O)c(C(N)=O)s2)cc1. The van der Waals surface area contributed by atoms with Gasteiger partial charge in [0.05, 0.1) is 11.8 Å². The molecule has 2 aromatic carbocycles. The first-order valence-electron chi connectivity index (χ1n) is 9.69. The lowest BCUT2D eigenvalue weighted by Crippen LogP contribution is -2.23. The molecular weight excluding hydrogens is 410 g/mol. The van der Waals surface area contributed by atoms with Crippen LogP contribution in [0.15, 0.2) is 60.7 Å². The van der Waals surface area contributed by atoms with Gasteiger partial charge in [0.25, 0.3) is 5.91 Å². The molecule has 0 spiro atoms. The van der Waals surface area contributed by atoms with Crippen molar-refractivity contribution >= 4 is 29.0 Å². The maximum atomic E-state index is 11.7. The zero-order valence-corrected chi connectivity index (χ0v) is 17.7. The van der Waals surface area contributed by atoms with Crippen molar-refractivity contribution in [1.82, 2.24) is 4.90 Å². The number of hydrogen-bond acceptors (Lipinski definition) is 5. The Morgan fingerprint density at radius 2 is 1.65 bits per heavy atom. The highest BCUT2D eigenvalue weighted by atomic mass is 32.1. The molecule has 0 unspecified atom stereocenters. The summed E-state index contributed by atoms with van der Waals surface area (Å²) in [6.07, 6.45) is 0.464. The number of benzene rings is 2. The van der Waals surface area contributed by atoms with Crippen molar-refractivity contribution in [2.75, 3.05) is 11.9 Å². The first-order chi connectivity index (χ1) is 15.0. The second-order valence-corrected chi connectivity index (χ2v) is 8.06. The lowest BCUT2D eigenvalue weighted by Gasteiger charge is -2.21. The van der Waals surface area contributed by atoms with Crippen LogP contribution in [0.2, 0.25) is 0 Å². The third-order valence-electron chi connectivity index (χ3n) is 4.65. The van der Waals surface area contributed by atoms with Crippen LogP contribution < -0.4 is 16.8 Å². The molecule has 3 amide bonds. The van der Waals surface area contributed by atoms with E-state index in [9.17, 15) is 9.59 Å². The molecule has 0 radical (unpaired) electrons. The number of rotatable bonds is 9. The van der Waals surface area contributed by atoms with E-state index in [1.54, 1.807) is 6.07 Å². The van der Waals surface area contributed by atoms with Gasteiger partial charge in [0.2, 0.25) is 0 Å². The summed E-state index contributed by atoms with van der Waals surface area (Å²) in [6.45, 7) is 2.16. The summed E-state index contributed by atoms with van der Waals surface area (Å²) in [7, 11) is 0. The van der Waals surface area contributed by atoms with Crippen molar-refractivity contribution in [2.45, 2.75) is 19.5 Å². The van der Waals surface area contributed by atoms with Gasteiger partial charge in [-0.2, -0.15) is 5.26 Å². The molecule has 31 heavy (non-hydrogen) atoms. The molecule has 0 aliphatic carbocycles. The Kier molecular flexibility index (Phi) is 7.38. The smallest absolute Gasteiger partial charge is 0.316 e. The number of carbonyl (C=O) groups excluding carboxylic acids is 2. The highest BCUT2D eigenvalue weighted by Crippen LogP contribution is 2.34. The summed E-state index contributed by atoms with van der Waals surface area (Å²) >= 11 is 1.20. The van der Waals surface area contributed by atoms with Gasteiger partial charge in [-0.3, -0.25) is 9.69 Å². The zero-order chi connectivity index (χ0) is 22.2. The zero-order valence-electron chi connectivity index (χ0n) is 16.9. The molecule has 1 aromatic heterocycles. The fraction of sp³-hybridized carbons (Fsp3) is 0.174. The highest BCUT2D eigenvalue weighted by molar-refractivity contribution is 7.18. The van der Waals surface area contributed by atoms with Crippen LogP contribution in [0.25, 0.3) is 10.4 Å². The quantitative estimate of drug-likeness (QED) is 0.473. The number of nitrogens with two attached hydrogens (primary N) is 2. The van der Waals surface area contributed by atoms with Gasteiger partial charge >= 0.3 is 6.03 Å². The molecule has 0 saturated heterocycles. The van der Waals surface area contributed by atoms with Gasteiger partial charge in [0.1, 0.15) is 4.88 Å². The average molecular weight is 434 g/mol. The fourth-order valence-electron chi connectivity index (χ4n) is 3.24. The van der Waals surface area contributed by atoms with Gasteiger partial charge in [0, 0.05) is 30.9 Å². The van der Waals surface area contributed by atoms with E-state index < -0.39 is 11.9 Å². The highest BCUT2D eigenvalue weighted by Gasteiger charge is 2.16. The Morgan fingerprint density at radius 3 is 2.23 bits per heavy atom. The molecule has 1 heterocycles. The van der Waals surface area contributed by atoms with E-state index in [1.165, 1.54) is 16.9 Å². The maximum absolute atomic E-state index is 11.7. The summed E-state index contributed by atoms with van der Waals surface area (Å²) in [4.78, 5) is 26.1. The second kappa shape index (κ2) is 10.4. The monoisotopic (exact) mass is 433 g/mol. The van der Waals surface area contributed by atoms with E-state index in [1.807, 2.05) is 42.5 Å². The molecule has 0 fully saturated rings. The number of nitrogens with one attached hydrogen (secondary N) is 1. The predicted octanol–water partition coefficient (Wildman–Crippen LogP) is 3.92. The number of nitrogens with zero attached hydrogens (tertiary/aromatic N) is 2. The molecule has 8 heteroatoms. The Hall–Kier alpha value is -3.67. The number of hydrogen-bond donors (Lipinski definition) is 3. The summed E-state index contributed by atoms with van der Waals surface area (Å²) in [6, 6.07) is 21.3. The molecule has 7 nitrogen and oxygen atoms in total. The van der Waals surface area contributed by atoms with E-state index in [2.05, 4.69) is 28.4 Å². The molecular formula is C23H23N5O2S. The Morgan fingerprint density at radius 1 is 1.00 bits per heavy atom. The third kappa shape index (κ3) is 6.15. The lowest BCUT2D eigenvalue weighted by molar-refractivity contribution is 0.100. The standard InChI is InChI=1S/C23H23N5O2S/c24-11-4-12-28(14-16-5-2-1-3-6-16)15-17-7-9-18(10-8-17)20-13-19(27-23(26)30)21(31-20)22(25)29/h1-3,5-10,13H,4,12,14-15H2,(H2,25,29)(H3,26,27,30). The topological polar surface area (TPSA) is 125 Å². The maximum Gasteiger partial charge on any atom is 0.316 e. The molecule has 0 aliphatic rings. The predicted molar refractivity (Wildman–Crippen MR) is 122 cm³/mol. The Balaban J connectivity index is 1.76. The molecule has 0 aliphatic heterocycles. The average Bonchev–Trinajstić information content (AvgIpc) is 3.16. The van der Waals surface area contributed by atoms with Crippen molar-refractivity contribution < 1.29 is 9.59 Å². The molecule has 0 atom stereocenters. The van der Waals surface area contributed by atoms with Crippen LogP contribution in [0.4, 0.5) is 10.5 Å². The van der Waals surface area contributed by atoms with Gasteiger partial charge in [-0.15, -0.1) is 11.3 Å². The summed E-state index contributed by atoms with van der Waals surface area (Å²) in [5.74, 6) is -0.620. The minimum absolute atomic E-state index is 0.253. The van der Waals surface area contributed by atoms with Crippen molar-refractivity contribution in [2.24, 2.45) is 11.5 Å². The van der Waals surface area contributed by atoms with Crippen LogP contribution in [0.1, 0.15) is 27.2 Å². The van der Waals surface area contributed by atoms with Crippen LogP contribution in [0, 0.1) is 11.3 Å². The van der Waals surface area contributed by atoms with Crippen LogP contribution in [-0.4, -0.2) is 23.4 Å². The number of anilines is 1. The lowest BCUT2D eigenvalue weighted by atomic mass is 10.1. The number of primary amides is 2. The molecule has 3 aromatic rings. The number of urea groups is 1. The first kappa shape index (κ1) is 22.0. The van der Waals surface area contributed by atoms with E-state index in [-0.39, 0.29) is 4.88 Å². The molecule has 5 N–H and O–H groups in total. The van der Waals surface area contributed by atoms with Crippen molar-refractivity contribution in [3.05, 3.63) is 76.7 Å².